The zero-order valence-electron chi connectivity index (χ0n) is 16.5. The zero-order chi connectivity index (χ0) is 19.2. The van der Waals surface area contributed by atoms with Crippen LogP contribution in [0.4, 0.5) is 0 Å². The third kappa shape index (κ3) is 5.73. The van der Waals surface area contributed by atoms with Crippen molar-refractivity contribution in [3.63, 3.8) is 0 Å². The third-order valence-electron chi connectivity index (χ3n) is 5.63. The minimum absolute atomic E-state index is 0.0652. The Morgan fingerprint density at radius 1 is 1.15 bits per heavy atom. The number of carbonyl (C=O) groups excluding carboxylic acids is 2. The molecule has 1 atom stereocenters. The molecule has 1 fully saturated rings. The predicted molar refractivity (Wildman–Crippen MR) is 103 cm³/mol. The van der Waals surface area contributed by atoms with Gasteiger partial charge in [-0.3, -0.25) is 14.6 Å². The molecule has 0 radical (unpaired) electrons. The number of aryl methyl sites for hydroxylation is 3. The summed E-state index contributed by atoms with van der Waals surface area (Å²) in [5.41, 5.74) is 2.35. The lowest BCUT2D eigenvalue weighted by Crippen LogP contribution is -2.40. The molecule has 0 aliphatic heterocycles. The molecule has 1 aromatic heterocycles. The Morgan fingerprint density at radius 3 is 2.23 bits per heavy atom. The van der Waals surface area contributed by atoms with Crippen molar-refractivity contribution in [2.45, 2.75) is 90.6 Å². The van der Waals surface area contributed by atoms with Crippen molar-refractivity contribution < 1.29 is 14.7 Å². The number of aromatic nitrogens is 1. The second-order valence-corrected chi connectivity index (χ2v) is 7.84. The summed E-state index contributed by atoms with van der Waals surface area (Å²) in [6, 6.07) is 4.23. The van der Waals surface area contributed by atoms with Crippen molar-refractivity contribution in [1.82, 2.24) is 4.98 Å². The van der Waals surface area contributed by atoms with Crippen molar-refractivity contribution >= 4 is 11.6 Å². The molecule has 144 valence electrons. The average Bonchev–Trinajstić information content (AvgIpc) is 3.14. The molecule has 1 saturated carbocycles. The molecule has 26 heavy (non-hydrogen) atoms. The van der Waals surface area contributed by atoms with E-state index in [1.807, 2.05) is 0 Å². The fourth-order valence-electron chi connectivity index (χ4n) is 4.17. The summed E-state index contributed by atoms with van der Waals surface area (Å²) in [7, 11) is 0. The van der Waals surface area contributed by atoms with Crippen LogP contribution in [0.3, 0.4) is 0 Å². The Morgan fingerprint density at radius 2 is 1.73 bits per heavy atom. The quantitative estimate of drug-likeness (QED) is 0.641. The normalized spacial score (nSPS) is 17.2. The van der Waals surface area contributed by atoms with Crippen LogP contribution in [0, 0.1) is 5.92 Å². The number of rotatable bonds is 10. The van der Waals surface area contributed by atoms with Gasteiger partial charge in [0.1, 0.15) is 11.6 Å². The van der Waals surface area contributed by atoms with Gasteiger partial charge < -0.3 is 5.11 Å². The van der Waals surface area contributed by atoms with E-state index in [9.17, 15) is 14.7 Å². The van der Waals surface area contributed by atoms with E-state index in [0.717, 1.165) is 56.3 Å². The number of carbonyl (C=O) groups is 2. The Kier molecular flexibility index (Phi) is 7.51. The number of pyridine rings is 1. The van der Waals surface area contributed by atoms with Gasteiger partial charge in [0.25, 0.3) is 0 Å². The van der Waals surface area contributed by atoms with Crippen LogP contribution in [-0.4, -0.2) is 27.3 Å². The molecule has 0 bridgehead atoms. The summed E-state index contributed by atoms with van der Waals surface area (Å²) in [6.45, 7) is 5.63. The summed E-state index contributed by atoms with van der Waals surface area (Å²) >= 11 is 0. The van der Waals surface area contributed by atoms with Gasteiger partial charge in [-0.1, -0.05) is 26.7 Å². The van der Waals surface area contributed by atoms with Gasteiger partial charge in [-0.2, -0.15) is 0 Å². The van der Waals surface area contributed by atoms with Crippen molar-refractivity contribution in [1.29, 1.82) is 0 Å². The fourth-order valence-corrected chi connectivity index (χ4v) is 4.17. The summed E-state index contributed by atoms with van der Waals surface area (Å²) in [5, 5.41) is 11.4. The van der Waals surface area contributed by atoms with Crippen molar-refractivity contribution in [3.05, 3.63) is 29.1 Å². The lowest BCUT2D eigenvalue weighted by atomic mass is 9.77. The average molecular weight is 360 g/mol. The molecule has 4 heteroatoms. The molecule has 4 nitrogen and oxygen atoms in total. The van der Waals surface area contributed by atoms with Gasteiger partial charge in [0, 0.05) is 17.8 Å². The van der Waals surface area contributed by atoms with Crippen LogP contribution in [0.25, 0.3) is 0 Å². The van der Waals surface area contributed by atoms with Crippen LogP contribution in [0.5, 0.6) is 0 Å². The molecule has 0 spiro atoms. The van der Waals surface area contributed by atoms with Gasteiger partial charge >= 0.3 is 0 Å². The monoisotopic (exact) mass is 359 g/mol. The summed E-state index contributed by atoms with van der Waals surface area (Å²) in [6.07, 6.45) is 7.30. The van der Waals surface area contributed by atoms with Crippen molar-refractivity contribution in [2.75, 3.05) is 0 Å². The van der Waals surface area contributed by atoms with Crippen LogP contribution < -0.4 is 0 Å². The maximum atomic E-state index is 12.2. The number of hydrogen-bond donors (Lipinski definition) is 1. The summed E-state index contributed by atoms with van der Waals surface area (Å²) in [4.78, 5) is 28.1. The zero-order valence-corrected chi connectivity index (χ0v) is 16.5. The first-order valence-electron chi connectivity index (χ1n) is 10.1. The van der Waals surface area contributed by atoms with Crippen molar-refractivity contribution in [2.24, 2.45) is 5.92 Å². The lowest BCUT2D eigenvalue weighted by molar-refractivity contribution is -0.131. The van der Waals surface area contributed by atoms with Gasteiger partial charge in [0.15, 0.2) is 0 Å². The van der Waals surface area contributed by atoms with Crippen LogP contribution in [-0.2, 0) is 28.9 Å². The van der Waals surface area contributed by atoms with E-state index in [-0.39, 0.29) is 30.3 Å². The van der Waals surface area contributed by atoms with Gasteiger partial charge in [0.2, 0.25) is 0 Å². The highest BCUT2D eigenvalue weighted by atomic mass is 16.3. The SMILES string of the molecule is CCc1cc(CC[C@@](O)(CC(=O)CC(C)=O)C2CCCC2)cc(CC)n1. The molecular weight excluding hydrogens is 326 g/mol. The molecule has 1 aliphatic carbocycles. The first-order valence-corrected chi connectivity index (χ1v) is 10.1. The molecule has 0 saturated heterocycles. The lowest BCUT2D eigenvalue weighted by Gasteiger charge is -2.34. The van der Waals surface area contributed by atoms with E-state index in [0.29, 0.717) is 6.42 Å². The Bertz CT molecular complexity index is 612. The van der Waals surface area contributed by atoms with Crippen LogP contribution in [0.2, 0.25) is 0 Å². The van der Waals surface area contributed by atoms with Crippen LogP contribution in [0.1, 0.15) is 82.7 Å². The summed E-state index contributed by atoms with van der Waals surface area (Å²) < 4.78 is 0. The summed E-state index contributed by atoms with van der Waals surface area (Å²) in [5.74, 6) is -0.0975. The second-order valence-electron chi connectivity index (χ2n) is 7.84. The van der Waals surface area contributed by atoms with E-state index in [1.54, 1.807) is 0 Å². The van der Waals surface area contributed by atoms with Gasteiger partial charge in [-0.05, 0) is 69.1 Å². The van der Waals surface area contributed by atoms with E-state index in [4.69, 9.17) is 0 Å². The number of hydrogen-bond acceptors (Lipinski definition) is 4. The smallest absolute Gasteiger partial charge is 0.143 e. The minimum Gasteiger partial charge on any atom is -0.389 e. The highest BCUT2D eigenvalue weighted by Gasteiger charge is 2.39. The number of ketones is 2. The largest absolute Gasteiger partial charge is 0.389 e. The standard InChI is InChI=1S/C22H33NO3/c1-4-19-13-17(14-20(5-2)23-19)10-11-22(26,18-8-6-7-9-18)15-21(25)12-16(3)24/h13-14,18,26H,4-12,15H2,1-3H3/t22-/m1/s1. The van der Waals surface area contributed by atoms with E-state index in [1.165, 1.54) is 12.5 Å². The first kappa shape index (κ1) is 20.8. The molecule has 1 aromatic rings. The van der Waals surface area contributed by atoms with Gasteiger partial charge in [-0.25, -0.2) is 0 Å². The Labute approximate surface area is 157 Å². The number of nitrogens with zero attached hydrogens (tertiary/aromatic N) is 1. The molecule has 0 amide bonds. The third-order valence-corrected chi connectivity index (χ3v) is 5.63. The highest BCUT2D eigenvalue weighted by molar-refractivity contribution is 5.98. The van der Waals surface area contributed by atoms with E-state index < -0.39 is 5.60 Å². The predicted octanol–water partition coefficient (Wildman–Crippen LogP) is 4.00. The van der Waals surface area contributed by atoms with Crippen molar-refractivity contribution in [3.8, 4) is 0 Å². The number of aliphatic hydroxyl groups is 1. The maximum absolute atomic E-state index is 12.2. The topological polar surface area (TPSA) is 67.3 Å². The molecule has 1 heterocycles. The molecule has 1 N–H and O–H groups in total. The van der Waals surface area contributed by atoms with Crippen LogP contribution >= 0.6 is 0 Å². The second kappa shape index (κ2) is 9.40. The van der Waals surface area contributed by atoms with Crippen LogP contribution in [0.15, 0.2) is 12.1 Å². The van der Waals surface area contributed by atoms with E-state index in [2.05, 4.69) is 31.0 Å². The van der Waals surface area contributed by atoms with Gasteiger partial charge in [0.05, 0.1) is 12.0 Å². The van der Waals surface area contributed by atoms with Gasteiger partial charge in [-0.15, -0.1) is 0 Å². The number of Topliss-reactive ketones (excluding diaryl/α,β-unsaturated/α-hetero) is 2. The molecule has 2 rings (SSSR count). The van der Waals surface area contributed by atoms with E-state index >= 15 is 0 Å². The molecule has 0 unspecified atom stereocenters. The maximum Gasteiger partial charge on any atom is 0.143 e. The fraction of sp³-hybridized carbons (Fsp3) is 0.682. The molecule has 0 aromatic carbocycles. The Balaban J connectivity index is 2.13. The molecular formula is C22H33NO3. The Hall–Kier alpha value is -1.55. The molecule has 1 aliphatic rings. The minimum atomic E-state index is -0.995. The first-order chi connectivity index (χ1) is 12.4. The highest BCUT2D eigenvalue weighted by Crippen LogP contribution is 2.39.